The number of nitrogens with one attached hydrogen (secondary N) is 1. The Morgan fingerprint density at radius 2 is 1.91 bits per heavy atom. The number of aliphatic hydroxyl groups excluding tert-OH is 1. The first kappa shape index (κ1) is 32.4. The van der Waals surface area contributed by atoms with E-state index in [2.05, 4.69) is 5.32 Å². The Labute approximate surface area is 261 Å². The van der Waals surface area contributed by atoms with E-state index in [1.165, 1.54) is 41.7 Å². The van der Waals surface area contributed by atoms with Gasteiger partial charge in [-0.3, -0.25) is 9.69 Å². The van der Waals surface area contributed by atoms with E-state index in [9.17, 15) is 27.5 Å². The van der Waals surface area contributed by atoms with Gasteiger partial charge in [0.25, 0.3) is 5.91 Å². The molecule has 2 saturated heterocycles. The zero-order valence-electron chi connectivity index (χ0n) is 24.8. The van der Waals surface area contributed by atoms with E-state index < -0.39 is 46.1 Å². The minimum Gasteiger partial charge on any atom is -0.497 e. The number of carbonyl (C=O) groups is 2. The van der Waals surface area contributed by atoms with Crippen LogP contribution < -0.4 is 15.0 Å². The normalized spacial score (nSPS) is 19.7. The monoisotopic (exact) mass is 641 g/mol. The number of hydrogen-bond acceptors (Lipinski definition) is 8. The molecule has 45 heavy (non-hydrogen) atoms. The Morgan fingerprint density at radius 1 is 1.13 bits per heavy atom. The highest BCUT2D eigenvalue weighted by atomic mass is 32.2. The average Bonchev–Trinajstić information content (AvgIpc) is 3.70. The Kier molecular flexibility index (Phi) is 10.3. The fourth-order valence-electron chi connectivity index (χ4n) is 5.41. The second kappa shape index (κ2) is 14.4. The van der Waals surface area contributed by atoms with E-state index in [1.54, 1.807) is 12.1 Å². The van der Waals surface area contributed by atoms with E-state index in [0.717, 1.165) is 23.0 Å². The quantitative estimate of drug-likeness (QED) is 0.291. The third-order valence-electron chi connectivity index (χ3n) is 7.82. The largest absolute Gasteiger partial charge is 0.497 e. The number of hydrogen-bond donors (Lipinski definition) is 2. The van der Waals surface area contributed by atoms with Crippen LogP contribution in [0, 0.1) is 5.82 Å². The molecule has 2 aliphatic heterocycles. The maximum Gasteiger partial charge on any atom is 0.415 e. The highest BCUT2D eigenvalue weighted by molar-refractivity contribution is 7.89. The van der Waals surface area contributed by atoms with E-state index >= 15 is 0 Å². The molecular formula is C32H36FN3O8S. The minimum atomic E-state index is -4.12. The molecule has 2 heterocycles. The highest BCUT2D eigenvalue weighted by Gasteiger charge is 2.39. The first-order valence-electron chi connectivity index (χ1n) is 14.7. The predicted octanol–water partition coefficient (Wildman–Crippen LogP) is 3.12. The summed E-state index contributed by atoms with van der Waals surface area (Å²) in [5.74, 6) is -0.861. The van der Waals surface area contributed by atoms with Crippen LogP contribution in [0.2, 0.25) is 0 Å². The van der Waals surface area contributed by atoms with Crippen LogP contribution in [-0.2, 0) is 30.7 Å². The van der Waals surface area contributed by atoms with E-state index in [0.29, 0.717) is 18.8 Å². The molecule has 0 unspecified atom stereocenters. The van der Waals surface area contributed by atoms with Crippen LogP contribution in [-0.4, -0.2) is 87.5 Å². The fourth-order valence-corrected chi connectivity index (χ4v) is 6.94. The molecule has 2 aliphatic rings. The third-order valence-corrected chi connectivity index (χ3v) is 9.64. The van der Waals surface area contributed by atoms with Gasteiger partial charge in [0.05, 0.1) is 42.5 Å². The number of halogens is 1. The van der Waals surface area contributed by atoms with Crippen LogP contribution in [0.3, 0.4) is 0 Å². The molecule has 5 rings (SSSR count). The molecule has 0 bridgehead atoms. The topological polar surface area (TPSA) is 135 Å². The van der Waals surface area contributed by atoms with Crippen molar-refractivity contribution in [3.8, 4) is 5.75 Å². The van der Waals surface area contributed by atoms with Crippen LogP contribution in [0.25, 0.3) is 0 Å². The van der Waals surface area contributed by atoms with Gasteiger partial charge < -0.3 is 24.6 Å². The Bertz CT molecular complexity index is 1590. The van der Waals surface area contributed by atoms with Crippen molar-refractivity contribution in [2.75, 3.05) is 38.3 Å². The van der Waals surface area contributed by atoms with Crippen molar-refractivity contribution in [3.63, 3.8) is 0 Å². The van der Waals surface area contributed by atoms with Gasteiger partial charge in [-0.1, -0.05) is 42.5 Å². The molecule has 0 radical (unpaired) electrons. The van der Waals surface area contributed by atoms with Gasteiger partial charge in [-0.05, 0) is 55.2 Å². The summed E-state index contributed by atoms with van der Waals surface area (Å²) in [4.78, 5) is 27.1. The molecule has 11 nitrogen and oxygen atoms in total. The summed E-state index contributed by atoms with van der Waals surface area (Å²) < 4.78 is 59.0. The number of sulfonamides is 1. The first-order valence-corrected chi connectivity index (χ1v) is 16.1. The summed E-state index contributed by atoms with van der Waals surface area (Å²) in [6, 6.07) is 19.6. The zero-order valence-corrected chi connectivity index (χ0v) is 25.6. The van der Waals surface area contributed by atoms with Crippen LogP contribution in [0.1, 0.15) is 18.4 Å². The van der Waals surface area contributed by atoms with Crippen molar-refractivity contribution in [1.29, 1.82) is 0 Å². The molecular weight excluding hydrogens is 605 g/mol. The number of anilines is 1. The van der Waals surface area contributed by atoms with Gasteiger partial charge in [0.15, 0.2) is 6.10 Å². The molecule has 0 aromatic heterocycles. The smallest absolute Gasteiger partial charge is 0.415 e. The van der Waals surface area contributed by atoms with Crippen molar-refractivity contribution in [3.05, 3.63) is 90.2 Å². The summed E-state index contributed by atoms with van der Waals surface area (Å²) in [6.45, 7) is -0.000162. The second-order valence-corrected chi connectivity index (χ2v) is 12.9. The van der Waals surface area contributed by atoms with Gasteiger partial charge in [0.2, 0.25) is 10.0 Å². The number of nitrogens with zero attached hydrogens (tertiary/aromatic N) is 2. The number of aliphatic hydroxyl groups is 1. The molecule has 240 valence electrons. The summed E-state index contributed by atoms with van der Waals surface area (Å²) in [5, 5.41) is 14.4. The molecule has 3 aromatic rings. The van der Waals surface area contributed by atoms with Gasteiger partial charge in [-0.15, -0.1) is 0 Å². The van der Waals surface area contributed by atoms with E-state index in [1.807, 2.05) is 30.3 Å². The summed E-state index contributed by atoms with van der Waals surface area (Å²) in [6.07, 6.45) is -2.16. The molecule has 2 N–H and O–H groups in total. The third kappa shape index (κ3) is 7.98. The lowest BCUT2D eigenvalue weighted by Crippen LogP contribution is -2.53. The SMILES string of the molecule is COc1cccc(S(=O)(=O)N(C[C@H]2CCCO2)C[C@@H](O)[C@H](Cc2ccccc2)NC(=O)[C@@H]2CN(c3cccc(F)c3)C(=O)O2)c1. The highest BCUT2D eigenvalue weighted by Crippen LogP contribution is 2.25. The lowest BCUT2D eigenvalue weighted by atomic mass is 10.0. The second-order valence-electron chi connectivity index (χ2n) is 11.0. The van der Waals surface area contributed by atoms with Gasteiger partial charge >= 0.3 is 6.09 Å². The maximum absolute atomic E-state index is 13.9. The number of ether oxygens (including phenoxy) is 3. The molecule has 13 heteroatoms. The zero-order chi connectivity index (χ0) is 32.0. The van der Waals surface area contributed by atoms with Gasteiger partial charge in [0.1, 0.15) is 11.6 Å². The summed E-state index contributed by atoms with van der Waals surface area (Å²) in [5.41, 5.74) is 1.02. The first-order chi connectivity index (χ1) is 21.6. The van der Waals surface area contributed by atoms with Crippen molar-refractivity contribution in [1.82, 2.24) is 9.62 Å². The lowest BCUT2D eigenvalue weighted by molar-refractivity contribution is -0.129. The fraction of sp³-hybridized carbons (Fsp3) is 0.375. The summed E-state index contributed by atoms with van der Waals surface area (Å²) >= 11 is 0. The van der Waals surface area contributed by atoms with Crippen LogP contribution in [0.5, 0.6) is 5.75 Å². The molecule has 0 aliphatic carbocycles. The Hall–Kier alpha value is -4.04. The number of carbonyl (C=O) groups excluding carboxylic acids is 2. The molecule has 4 atom stereocenters. The standard InChI is InChI=1S/C32H36FN3O8S/c1-42-25-12-6-14-27(18-25)45(40,41)35(19-26-13-7-15-43-26)20-29(37)28(16-22-8-3-2-4-9-22)34-31(38)30-21-36(32(39)44-30)24-11-5-10-23(33)17-24/h2-6,8-12,14,17-18,26,28-30,37H,7,13,15-16,19-21H2,1H3,(H,34,38)/t26-,28+,29-,30+/m1/s1. The number of methoxy groups -OCH3 is 1. The van der Waals surface area contributed by atoms with Crippen LogP contribution in [0.4, 0.5) is 14.9 Å². The Balaban J connectivity index is 1.37. The average molecular weight is 642 g/mol. The Morgan fingerprint density at radius 3 is 2.62 bits per heavy atom. The molecule has 3 aromatic carbocycles. The van der Waals surface area contributed by atoms with E-state index in [4.69, 9.17) is 14.2 Å². The lowest BCUT2D eigenvalue weighted by Gasteiger charge is -2.31. The molecule has 2 amide bonds. The molecule has 0 spiro atoms. The number of benzene rings is 3. The van der Waals surface area contributed by atoms with Crippen LogP contribution in [0.15, 0.2) is 83.8 Å². The van der Waals surface area contributed by atoms with Crippen molar-refractivity contribution >= 4 is 27.7 Å². The van der Waals surface area contributed by atoms with E-state index in [-0.39, 0.29) is 42.7 Å². The minimum absolute atomic E-state index is 0.00540. The van der Waals surface area contributed by atoms with Gasteiger partial charge in [-0.2, -0.15) is 4.31 Å². The number of amides is 2. The number of rotatable bonds is 13. The van der Waals surface area contributed by atoms with Gasteiger partial charge in [-0.25, -0.2) is 17.6 Å². The number of cyclic esters (lactones) is 1. The molecule has 0 saturated carbocycles. The van der Waals surface area contributed by atoms with Crippen LogP contribution >= 0.6 is 0 Å². The van der Waals surface area contributed by atoms with Crippen molar-refractivity contribution in [2.24, 2.45) is 0 Å². The van der Waals surface area contributed by atoms with Crippen molar-refractivity contribution in [2.45, 2.75) is 48.5 Å². The maximum atomic E-state index is 13.9. The predicted molar refractivity (Wildman–Crippen MR) is 163 cm³/mol. The summed E-state index contributed by atoms with van der Waals surface area (Å²) in [7, 11) is -2.68. The van der Waals surface area contributed by atoms with Crippen molar-refractivity contribution < 1.29 is 41.7 Å². The van der Waals surface area contributed by atoms with Gasteiger partial charge in [0, 0.05) is 25.8 Å². The molecule has 2 fully saturated rings.